The summed E-state index contributed by atoms with van der Waals surface area (Å²) in [5.74, 6) is -0.832. The van der Waals surface area contributed by atoms with E-state index >= 15 is 0 Å². The lowest BCUT2D eigenvalue weighted by atomic mass is 9.78. The summed E-state index contributed by atoms with van der Waals surface area (Å²) in [5, 5.41) is 11.5. The molecule has 20 heavy (non-hydrogen) atoms. The number of ether oxygens (including phenoxy) is 1. The highest BCUT2D eigenvalue weighted by atomic mass is 16.5. The molecule has 0 radical (unpaired) electrons. The quantitative estimate of drug-likeness (QED) is 0.746. The van der Waals surface area contributed by atoms with Gasteiger partial charge in [-0.3, -0.25) is 9.78 Å². The smallest absolute Gasteiger partial charge is 0.318 e. The number of nitrogens with zero attached hydrogens (tertiary/aromatic N) is 1. The van der Waals surface area contributed by atoms with Crippen molar-refractivity contribution in [3.8, 4) is 0 Å². The Labute approximate surface area is 114 Å². The number of fused-ring (bicyclic) bond motifs is 3. The number of H-pyrrole nitrogens is 1. The van der Waals surface area contributed by atoms with Gasteiger partial charge in [0.05, 0.1) is 13.2 Å². The van der Waals surface area contributed by atoms with Crippen molar-refractivity contribution in [2.45, 2.75) is 5.41 Å². The van der Waals surface area contributed by atoms with Gasteiger partial charge in [0.1, 0.15) is 5.41 Å². The molecule has 0 atom stereocenters. The number of rotatable bonds is 2. The lowest BCUT2D eigenvalue weighted by Crippen LogP contribution is -2.53. The molecule has 1 aliphatic heterocycles. The summed E-state index contributed by atoms with van der Waals surface area (Å²) in [6.07, 6.45) is 3.53. The highest BCUT2D eigenvalue weighted by Crippen LogP contribution is 2.35. The second kappa shape index (κ2) is 3.80. The van der Waals surface area contributed by atoms with Gasteiger partial charge in [-0.05, 0) is 23.8 Å². The number of aliphatic carboxylic acids is 1. The van der Waals surface area contributed by atoms with Gasteiger partial charge in [0.15, 0.2) is 0 Å². The molecule has 4 rings (SSSR count). The molecule has 0 bridgehead atoms. The normalized spacial score (nSPS) is 17.2. The third-order valence-electron chi connectivity index (χ3n) is 4.06. The summed E-state index contributed by atoms with van der Waals surface area (Å²) >= 11 is 0. The largest absolute Gasteiger partial charge is 0.480 e. The van der Waals surface area contributed by atoms with Crippen molar-refractivity contribution in [2.75, 3.05) is 13.2 Å². The Hall–Kier alpha value is -2.40. The Morgan fingerprint density at radius 3 is 2.75 bits per heavy atom. The van der Waals surface area contributed by atoms with Gasteiger partial charge in [0.2, 0.25) is 0 Å². The fourth-order valence-corrected chi connectivity index (χ4v) is 2.76. The number of carbonyl (C=O) groups is 1. The average molecular weight is 268 g/mol. The minimum atomic E-state index is -0.903. The molecule has 0 unspecified atom stereocenters. The number of aromatic nitrogens is 2. The molecule has 1 saturated heterocycles. The van der Waals surface area contributed by atoms with E-state index in [1.54, 1.807) is 12.4 Å². The molecule has 2 N–H and O–H groups in total. The number of nitrogens with one attached hydrogen (secondary N) is 1. The number of carboxylic acid groups (broad SMARTS) is 1. The molecule has 1 aliphatic rings. The first-order valence-corrected chi connectivity index (χ1v) is 6.38. The predicted octanol–water partition coefficient (Wildman–Crippen LogP) is 2.07. The molecule has 5 heteroatoms. The van der Waals surface area contributed by atoms with Crippen molar-refractivity contribution < 1.29 is 14.6 Å². The molecule has 5 nitrogen and oxygen atoms in total. The van der Waals surface area contributed by atoms with Crippen LogP contribution in [-0.4, -0.2) is 34.3 Å². The SMILES string of the molecule is O=C(O)C1(c2ccc3[nH]c4ccncc4c3c2)COC1. The van der Waals surface area contributed by atoms with E-state index in [-0.39, 0.29) is 13.2 Å². The summed E-state index contributed by atoms with van der Waals surface area (Å²) < 4.78 is 5.13. The molecule has 0 saturated carbocycles. The second-order valence-corrected chi connectivity index (χ2v) is 5.19. The third-order valence-corrected chi connectivity index (χ3v) is 4.06. The van der Waals surface area contributed by atoms with Crippen LogP contribution in [0.25, 0.3) is 21.8 Å². The van der Waals surface area contributed by atoms with Gasteiger partial charge in [0.25, 0.3) is 0 Å². The van der Waals surface area contributed by atoms with E-state index in [9.17, 15) is 9.90 Å². The summed E-state index contributed by atoms with van der Waals surface area (Å²) in [6.45, 7) is 0.461. The summed E-state index contributed by atoms with van der Waals surface area (Å²) in [5.41, 5.74) is 1.87. The van der Waals surface area contributed by atoms with Gasteiger partial charge in [0, 0.05) is 34.2 Å². The van der Waals surface area contributed by atoms with Crippen LogP contribution in [0.2, 0.25) is 0 Å². The zero-order chi connectivity index (χ0) is 13.7. The highest BCUT2D eigenvalue weighted by molar-refractivity contribution is 6.07. The van der Waals surface area contributed by atoms with Crippen LogP contribution in [-0.2, 0) is 14.9 Å². The Balaban J connectivity index is 1.98. The fourth-order valence-electron chi connectivity index (χ4n) is 2.76. The Kier molecular flexibility index (Phi) is 2.17. The van der Waals surface area contributed by atoms with E-state index in [1.807, 2.05) is 24.3 Å². The number of carboxylic acids is 1. The van der Waals surface area contributed by atoms with Crippen LogP contribution in [0.3, 0.4) is 0 Å². The van der Waals surface area contributed by atoms with Crippen molar-refractivity contribution >= 4 is 27.8 Å². The molecule has 0 aliphatic carbocycles. The zero-order valence-electron chi connectivity index (χ0n) is 10.6. The Morgan fingerprint density at radius 2 is 2.05 bits per heavy atom. The first kappa shape index (κ1) is 11.4. The molecule has 1 aromatic carbocycles. The van der Waals surface area contributed by atoms with E-state index in [1.165, 1.54) is 0 Å². The first-order chi connectivity index (χ1) is 9.71. The van der Waals surface area contributed by atoms with Crippen LogP contribution in [0.4, 0.5) is 0 Å². The maximum absolute atomic E-state index is 11.5. The molecule has 3 heterocycles. The minimum absolute atomic E-state index is 0.231. The number of hydrogen-bond acceptors (Lipinski definition) is 3. The van der Waals surface area contributed by atoms with Gasteiger partial charge in [-0.1, -0.05) is 6.07 Å². The lowest BCUT2D eigenvalue weighted by Gasteiger charge is -2.37. The summed E-state index contributed by atoms with van der Waals surface area (Å²) in [7, 11) is 0. The van der Waals surface area contributed by atoms with E-state index in [4.69, 9.17) is 4.74 Å². The van der Waals surface area contributed by atoms with Crippen molar-refractivity contribution in [3.05, 3.63) is 42.2 Å². The molecule has 0 spiro atoms. The first-order valence-electron chi connectivity index (χ1n) is 6.38. The standard InChI is InChI=1S/C15H12N2O3/c18-14(19)15(7-20-8-15)9-1-2-12-10(5-9)11-6-16-4-3-13(11)17-12/h1-6,17H,7-8H2,(H,18,19). The number of pyridine rings is 1. The van der Waals surface area contributed by atoms with Gasteiger partial charge in [-0.2, -0.15) is 0 Å². The van der Waals surface area contributed by atoms with Gasteiger partial charge in [-0.25, -0.2) is 0 Å². The molecule has 2 aromatic heterocycles. The molecular formula is C15H12N2O3. The second-order valence-electron chi connectivity index (χ2n) is 5.19. The molecular weight excluding hydrogens is 256 g/mol. The molecule has 100 valence electrons. The molecule has 3 aromatic rings. The van der Waals surface area contributed by atoms with Crippen LogP contribution in [0, 0.1) is 0 Å². The topological polar surface area (TPSA) is 75.2 Å². The number of benzene rings is 1. The zero-order valence-corrected chi connectivity index (χ0v) is 10.6. The highest BCUT2D eigenvalue weighted by Gasteiger charge is 2.47. The molecule has 0 amide bonds. The Bertz CT molecular complexity index is 833. The summed E-state index contributed by atoms with van der Waals surface area (Å²) in [6, 6.07) is 7.64. The van der Waals surface area contributed by atoms with Crippen LogP contribution < -0.4 is 0 Å². The van der Waals surface area contributed by atoms with Crippen molar-refractivity contribution in [1.82, 2.24) is 9.97 Å². The molecule has 1 fully saturated rings. The lowest BCUT2D eigenvalue weighted by molar-refractivity contribution is -0.163. The van der Waals surface area contributed by atoms with Crippen molar-refractivity contribution in [1.29, 1.82) is 0 Å². The van der Waals surface area contributed by atoms with Crippen LogP contribution in [0.15, 0.2) is 36.7 Å². The third kappa shape index (κ3) is 1.35. The van der Waals surface area contributed by atoms with E-state index < -0.39 is 11.4 Å². The average Bonchev–Trinajstić information content (AvgIpc) is 2.75. The van der Waals surface area contributed by atoms with Gasteiger partial charge < -0.3 is 14.8 Å². The number of aromatic amines is 1. The monoisotopic (exact) mass is 268 g/mol. The van der Waals surface area contributed by atoms with E-state index in [2.05, 4.69) is 9.97 Å². The number of hydrogen-bond donors (Lipinski definition) is 2. The minimum Gasteiger partial charge on any atom is -0.480 e. The van der Waals surface area contributed by atoms with Gasteiger partial charge in [-0.15, -0.1) is 0 Å². The maximum atomic E-state index is 11.5. The van der Waals surface area contributed by atoms with Crippen LogP contribution in [0.5, 0.6) is 0 Å². The van der Waals surface area contributed by atoms with Crippen LogP contribution in [0.1, 0.15) is 5.56 Å². The fraction of sp³-hybridized carbons (Fsp3) is 0.200. The van der Waals surface area contributed by atoms with Crippen molar-refractivity contribution in [3.63, 3.8) is 0 Å². The Morgan fingerprint density at radius 1 is 1.25 bits per heavy atom. The summed E-state index contributed by atoms with van der Waals surface area (Å²) in [4.78, 5) is 19.0. The maximum Gasteiger partial charge on any atom is 0.318 e. The van der Waals surface area contributed by atoms with Gasteiger partial charge >= 0.3 is 5.97 Å². The predicted molar refractivity (Wildman–Crippen MR) is 73.7 cm³/mol. The van der Waals surface area contributed by atoms with E-state index in [0.717, 1.165) is 27.4 Å². The van der Waals surface area contributed by atoms with Crippen molar-refractivity contribution in [2.24, 2.45) is 0 Å². The van der Waals surface area contributed by atoms with Crippen LogP contribution >= 0.6 is 0 Å². The van der Waals surface area contributed by atoms with E-state index in [0.29, 0.717) is 0 Å².